The normalized spacial score (nSPS) is 27.9. The van der Waals surface area contributed by atoms with Gasteiger partial charge in [0.25, 0.3) is 0 Å². The Morgan fingerprint density at radius 3 is 2.23 bits per heavy atom. The number of likely N-dealkylation sites (tertiary alicyclic amines) is 1. The van der Waals surface area contributed by atoms with Crippen molar-refractivity contribution in [3.63, 3.8) is 0 Å². The van der Waals surface area contributed by atoms with Gasteiger partial charge in [0.1, 0.15) is 0 Å². The average molecular weight is 182 g/mol. The Labute approximate surface area is 81.7 Å². The Kier molecular flexibility index (Phi) is 2.61. The number of piperidine rings is 1. The van der Waals surface area contributed by atoms with Crippen LogP contribution >= 0.6 is 0 Å². The molecule has 2 rings (SSSR count). The lowest BCUT2D eigenvalue weighted by atomic mass is 9.73. The van der Waals surface area contributed by atoms with E-state index in [1.807, 2.05) is 0 Å². The molecular weight excluding hydrogens is 160 g/mol. The zero-order valence-corrected chi connectivity index (χ0v) is 8.97. The molecule has 2 fully saturated rings. The highest BCUT2D eigenvalue weighted by molar-refractivity contribution is 4.95. The molecule has 2 nitrogen and oxygen atoms in total. The van der Waals surface area contributed by atoms with E-state index in [1.54, 1.807) is 0 Å². The Morgan fingerprint density at radius 1 is 1.23 bits per heavy atom. The van der Waals surface area contributed by atoms with Gasteiger partial charge in [0.15, 0.2) is 0 Å². The van der Waals surface area contributed by atoms with Crippen LogP contribution in [0.4, 0.5) is 0 Å². The predicted molar refractivity (Wildman–Crippen MR) is 55.8 cm³/mol. The molecule has 0 radical (unpaired) electrons. The third kappa shape index (κ3) is 2.05. The number of nitrogens with zero attached hydrogens (tertiary/aromatic N) is 1. The molecule has 1 N–H and O–H groups in total. The summed E-state index contributed by atoms with van der Waals surface area (Å²) in [5.74, 6) is 0.827. The van der Waals surface area contributed by atoms with Gasteiger partial charge in [-0.25, -0.2) is 0 Å². The van der Waals surface area contributed by atoms with Gasteiger partial charge in [-0.1, -0.05) is 13.8 Å². The number of hydrogen-bond acceptors (Lipinski definition) is 2. The van der Waals surface area contributed by atoms with Crippen LogP contribution in [-0.2, 0) is 0 Å². The highest BCUT2D eigenvalue weighted by atomic mass is 15.1. The van der Waals surface area contributed by atoms with Crippen molar-refractivity contribution in [3.05, 3.63) is 0 Å². The third-order valence-corrected chi connectivity index (χ3v) is 3.54. The fraction of sp³-hybridized carbons (Fsp3) is 1.00. The van der Waals surface area contributed by atoms with Crippen molar-refractivity contribution < 1.29 is 0 Å². The second-order valence-electron chi connectivity index (χ2n) is 5.30. The molecule has 76 valence electrons. The zero-order valence-electron chi connectivity index (χ0n) is 8.97. The second kappa shape index (κ2) is 3.58. The molecule has 1 spiro atoms. The van der Waals surface area contributed by atoms with Crippen molar-refractivity contribution in [2.24, 2.45) is 11.3 Å². The molecule has 0 aromatic rings. The number of nitrogens with one attached hydrogen (secondary N) is 1. The lowest BCUT2D eigenvalue weighted by Gasteiger charge is -2.48. The van der Waals surface area contributed by atoms with Gasteiger partial charge in [-0.15, -0.1) is 0 Å². The first kappa shape index (κ1) is 9.47. The topological polar surface area (TPSA) is 15.3 Å². The molecule has 0 bridgehead atoms. The van der Waals surface area contributed by atoms with Crippen molar-refractivity contribution in [3.8, 4) is 0 Å². The molecule has 2 aliphatic rings. The van der Waals surface area contributed by atoms with Gasteiger partial charge in [-0.05, 0) is 37.3 Å². The lowest BCUT2D eigenvalue weighted by molar-refractivity contribution is 0.0505. The number of rotatable bonds is 2. The summed E-state index contributed by atoms with van der Waals surface area (Å²) in [5.41, 5.74) is 0.716. The molecular formula is C11H22N2. The largest absolute Gasteiger partial charge is 0.316 e. The maximum absolute atomic E-state index is 3.41. The molecule has 0 atom stereocenters. The Balaban J connectivity index is 1.76. The van der Waals surface area contributed by atoms with E-state index in [9.17, 15) is 0 Å². The monoisotopic (exact) mass is 182 g/mol. The summed E-state index contributed by atoms with van der Waals surface area (Å²) in [6.07, 6.45) is 2.85. The fourth-order valence-electron chi connectivity index (χ4n) is 2.56. The smallest absolute Gasteiger partial charge is 0.00212 e. The Hall–Kier alpha value is -0.0800. The minimum Gasteiger partial charge on any atom is -0.316 e. The van der Waals surface area contributed by atoms with Crippen LogP contribution < -0.4 is 5.32 Å². The summed E-state index contributed by atoms with van der Waals surface area (Å²) >= 11 is 0. The van der Waals surface area contributed by atoms with E-state index in [0.717, 1.165) is 5.92 Å². The predicted octanol–water partition coefficient (Wildman–Crippen LogP) is 1.33. The quantitative estimate of drug-likeness (QED) is 0.693. The fourth-order valence-corrected chi connectivity index (χ4v) is 2.56. The highest BCUT2D eigenvalue weighted by Gasteiger charge is 2.39. The maximum Gasteiger partial charge on any atom is 0.00212 e. The van der Waals surface area contributed by atoms with Crippen LogP contribution in [0.2, 0.25) is 0 Å². The summed E-state index contributed by atoms with van der Waals surface area (Å²) in [6.45, 7) is 11.2. The van der Waals surface area contributed by atoms with Gasteiger partial charge in [0, 0.05) is 19.6 Å². The minimum atomic E-state index is 0.716. The summed E-state index contributed by atoms with van der Waals surface area (Å²) in [4.78, 5) is 2.63. The summed E-state index contributed by atoms with van der Waals surface area (Å²) < 4.78 is 0. The van der Waals surface area contributed by atoms with Crippen molar-refractivity contribution in [1.29, 1.82) is 0 Å². The van der Waals surface area contributed by atoms with Gasteiger partial charge in [0.05, 0.1) is 0 Å². The van der Waals surface area contributed by atoms with E-state index in [4.69, 9.17) is 0 Å². The maximum atomic E-state index is 3.41. The van der Waals surface area contributed by atoms with Crippen LogP contribution in [0, 0.1) is 11.3 Å². The van der Waals surface area contributed by atoms with Crippen molar-refractivity contribution in [1.82, 2.24) is 10.2 Å². The van der Waals surface area contributed by atoms with Gasteiger partial charge in [-0.3, -0.25) is 0 Å². The van der Waals surface area contributed by atoms with Crippen molar-refractivity contribution in [2.45, 2.75) is 26.7 Å². The second-order valence-corrected chi connectivity index (χ2v) is 5.30. The van der Waals surface area contributed by atoms with E-state index in [1.165, 1.54) is 45.6 Å². The summed E-state index contributed by atoms with van der Waals surface area (Å²) in [5, 5.41) is 3.41. The van der Waals surface area contributed by atoms with Gasteiger partial charge >= 0.3 is 0 Å². The van der Waals surface area contributed by atoms with E-state index in [0.29, 0.717) is 5.41 Å². The van der Waals surface area contributed by atoms with Crippen LogP contribution in [0.3, 0.4) is 0 Å². The summed E-state index contributed by atoms with van der Waals surface area (Å²) in [7, 11) is 0. The molecule has 0 aromatic carbocycles. The van der Waals surface area contributed by atoms with E-state index in [2.05, 4.69) is 24.1 Å². The van der Waals surface area contributed by atoms with E-state index >= 15 is 0 Å². The molecule has 2 heterocycles. The first-order chi connectivity index (χ1) is 6.20. The lowest BCUT2D eigenvalue weighted by Crippen LogP contribution is -2.58. The van der Waals surface area contributed by atoms with Gasteiger partial charge in [-0.2, -0.15) is 0 Å². The highest BCUT2D eigenvalue weighted by Crippen LogP contribution is 2.34. The first-order valence-electron chi connectivity index (χ1n) is 5.63. The third-order valence-electron chi connectivity index (χ3n) is 3.54. The first-order valence-corrected chi connectivity index (χ1v) is 5.63. The molecule has 0 aliphatic carbocycles. The van der Waals surface area contributed by atoms with Crippen molar-refractivity contribution in [2.75, 3.05) is 32.7 Å². The van der Waals surface area contributed by atoms with Gasteiger partial charge < -0.3 is 10.2 Å². The molecule has 2 aliphatic heterocycles. The molecule has 0 unspecified atom stereocenters. The van der Waals surface area contributed by atoms with Crippen LogP contribution in [0.15, 0.2) is 0 Å². The number of hydrogen-bond donors (Lipinski definition) is 1. The molecule has 0 amide bonds. The standard InChI is InChI=1S/C11H22N2/c1-10(2)7-13-5-3-11(4-6-13)8-12-9-11/h10,12H,3-9H2,1-2H3. The molecule has 13 heavy (non-hydrogen) atoms. The van der Waals surface area contributed by atoms with Crippen LogP contribution in [0.1, 0.15) is 26.7 Å². The summed E-state index contributed by atoms with van der Waals surface area (Å²) in [6, 6.07) is 0. The molecule has 2 saturated heterocycles. The van der Waals surface area contributed by atoms with Crippen LogP contribution in [0.25, 0.3) is 0 Å². The van der Waals surface area contributed by atoms with Crippen LogP contribution in [0.5, 0.6) is 0 Å². The van der Waals surface area contributed by atoms with Crippen LogP contribution in [-0.4, -0.2) is 37.6 Å². The average Bonchev–Trinajstić information content (AvgIpc) is 2.02. The minimum absolute atomic E-state index is 0.716. The van der Waals surface area contributed by atoms with E-state index < -0.39 is 0 Å². The molecule has 2 heteroatoms. The SMILES string of the molecule is CC(C)CN1CCC2(CC1)CNC2. The molecule has 0 aromatic heterocycles. The molecule has 0 saturated carbocycles. The van der Waals surface area contributed by atoms with Gasteiger partial charge in [0.2, 0.25) is 0 Å². The zero-order chi connectivity index (χ0) is 9.31. The van der Waals surface area contributed by atoms with Crippen molar-refractivity contribution >= 4 is 0 Å². The Bertz CT molecular complexity index is 163. The Morgan fingerprint density at radius 2 is 1.85 bits per heavy atom. The van der Waals surface area contributed by atoms with E-state index in [-0.39, 0.29) is 0 Å².